The summed E-state index contributed by atoms with van der Waals surface area (Å²) in [6.45, 7) is 0. The van der Waals surface area contributed by atoms with Gasteiger partial charge in [-0.05, 0) is 55.8 Å². The van der Waals surface area contributed by atoms with Crippen molar-refractivity contribution in [1.29, 1.82) is 0 Å². The van der Waals surface area contributed by atoms with Crippen molar-refractivity contribution in [2.24, 2.45) is 27.5 Å². The molecule has 1 heterocycles. The van der Waals surface area contributed by atoms with Crippen LogP contribution in [0.4, 0.5) is 0 Å². The van der Waals surface area contributed by atoms with Gasteiger partial charge in [0.15, 0.2) is 5.66 Å². The highest BCUT2D eigenvalue weighted by Crippen LogP contribution is 2.62. The largest absolute Gasteiger partial charge is 0.481 e. The standard InChI is InChI=1S/C20H27N3O3/c1-2-3-5-20(22-23-20)6-4-16(24)21-19-10-14-7-15(11-19)9-18(8-14,13-19)12-17(25)26/h1,14-15H,3-13H2,(H,21,24)(H,25,26). The van der Waals surface area contributed by atoms with Crippen LogP contribution in [0, 0.1) is 29.6 Å². The highest BCUT2D eigenvalue weighted by molar-refractivity contribution is 5.77. The number of carboxylic acid groups (broad SMARTS) is 1. The number of carboxylic acids is 1. The number of aliphatic carboxylic acids is 1. The summed E-state index contributed by atoms with van der Waals surface area (Å²) in [5.74, 6) is 3.07. The molecule has 26 heavy (non-hydrogen) atoms. The van der Waals surface area contributed by atoms with Gasteiger partial charge in [-0.25, -0.2) is 0 Å². The molecule has 4 aliphatic carbocycles. The quantitative estimate of drug-likeness (QED) is 0.653. The van der Waals surface area contributed by atoms with Crippen LogP contribution in [-0.2, 0) is 9.59 Å². The van der Waals surface area contributed by atoms with Gasteiger partial charge in [-0.2, -0.15) is 10.2 Å². The van der Waals surface area contributed by atoms with Crippen LogP contribution >= 0.6 is 0 Å². The second kappa shape index (κ2) is 6.07. The van der Waals surface area contributed by atoms with Crippen LogP contribution in [0.1, 0.15) is 70.6 Å². The molecule has 2 N–H and O–H groups in total. The first kappa shape index (κ1) is 17.5. The van der Waals surface area contributed by atoms with Crippen LogP contribution in [0.5, 0.6) is 0 Å². The third-order valence-electron chi connectivity index (χ3n) is 6.92. The number of nitrogens with one attached hydrogen (secondary N) is 1. The number of hydrogen-bond acceptors (Lipinski definition) is 4. The molecule has 0 aromatic heterocycles. The number of carbonyl (C=O) groups excluding carboxylic acids is 1. The Morgan fingerprint density at radius 3 is 2.42 bits per heavy atom. The van der Waals surface area contributed by atoms with Crippen LogP contribution in [0.15, 0.2) is 10.2 Å². The summed E-state index contributed by atoms with van der Waals surface area (Å²) < 4.78 is 0. The smallest absolute Gasteiger partial charge is 0.303 e. The molecule has 2 unspecified atom stereocenters. The van der Waals surface area contributed by atoms with Crippen molar-refractivity contribution in [1.82, 2.24) is 5.32 Å². The van der Waals surface area contributed by atoms with E-state index in [9.17, 15) is 14.7 Å². The number of rotatable bonds is 8. The zero-order valence-corrected chi connectivity index (χ0v) is 15.2. The third kappa shape index (κ3) is 3.36. The van der Waals surface area contributed by atoms with E-state index >= 15 is 0 Å². The van der Waals surface area contributed by atoms with Gasteiger partial charge in [0.05, 0.1) is 6.42 Å². The maximum atomic E-state index is 12.7. The van der Waals surface area contributed by atoms with E-state index in [4.69, 9.17) is 6.42 Å². The Kier molecular flexibility index (Phi) is 4.09. The fourth-order valence-electron chi connectivity index (χ4n) is 6.47. The number of nitrogens with zero attached hydrogens (tertiary/aromatic N) is 2. The Bertz CT molecular complexity index is 673. The molecule has 0 saturated heterocycles. The second-order valence-corrected chi connectivity index (χ2v) is 9.25. The molecule has 5 rings (SSSR count). The Labute approximate surface area is 154 Å². The zero-order chi connectivity index (χ0) is 18.4. The van der Waals surface area contributed by atoms with E-state index in [0.29, 0.717) is 37.5 Å². The van der Waals surface area contributed by atoms with Crippen LogP contribution in [0.25, 0.3) is 0 Å². The molecule has 6 nitrogen and oxygen atoms in total. The average molecular weight is 357 g/mol. The van der Waals surface area contributed by atoms with E-state index in [1.54, 1.807) is 0 Å². The first-order chi connectivity index (χ1) is 12.4. The lowest BCUT2D eigenvalue weighted by molar-refractivity contribution is -0.149. The van der Waals surface area contributed by atoms with Crippen LogP contribution in [-0.4, -0.2) is 28.2 Å². The van der Waals surface area contributed by atoms with Gasteiger partial charge in [-0.1, -0.05) is 0 Å². The molecular weight excluding hydrogens is 330 g/mol. The number of carbonyl (C=O) groups is 2. The first-order valence-electron chi connectivity index (χ1n) is 9.76. The van der Waals surface area contributed by atoms with Gasteiger partial charge in [0.25, 0.3) is 0 Å². The number of hydrogen-bond donors (Lipinski definition) is 2. The summed E-state index contributed by atoms with van der Waals surface area (Å²) in [6.07, 6.45) is 14.0. The minimum Gasteiger partial charge on any atom is -0.481 e. The third-order valence-corrected chi connectivity index (χ3v) is 6.92. The van der Waals surface area contributed by atoms with Crippen molar-refractivity contribution >= 4 is 11.9 Å². The van der Waals surface area contributed by atoms with Crippen molar-refractivity contribution in [2.75, 3.05) is 0 Å². The van der Waals surface area contributed by atoms with E-state index in [-0.39, 0.29) is 23.3 Å². The lowest BCUT2D eigenvalue weighted by Gasteiger charge is -2.62. The predicted molar refractivity (Wildman–Crippen MR) is 95.1 cm³/mol. The Morgan fingerprint density at radius 2 is 1.85 bits per heavy atom. The summed E-state index contributed by atoms with van der Waals surface area (Å²) >= 11 is 0. The van der Waals surface area contributed by atoms with E-state index in [1.807, 2.05) is 0 Å². The Balaban J connectivity index is 1.37. The highest BCUT2D eigenvalue weighted by Gasteiger charge is 2.58. The maximum Gasteiger partial charge on any atom is 0.303 e. The van der Waals surface area contributed by atoms with Gasteiger partial charge < -0.3 is 10.4 Å². The number of amides is 1. The van der Waals surface area contributed by atoms with E-state index in [1.165, 1.54) is 6.42 Å². The van der Waals surface area contributed by atoms with Crippen molar-refractivity contribution in [3.8, 4) is 12.3 Å². The number of terminal acetylenes is 1. The predicted octanol–water partition coefficient (Wildman–Crippen LogP) is 3.27. The molecule has 4 saturated carbocycles. The van der Waals surface area contributed by atoms with E-state index in [0.717, 1.165) is 32.1 Å². The molecule has 5 aliphatic rings. The van der Waals surface area contributed by atoms with Gasteiger partial charge >= 0.3 is 5.97 Å². The monoisotopic (exact) mass is 357 g/mol. The van der Waals surface area contributed by atoms with Crippen LogP contribution in [0.2, 0.25) is 0 Å². The summed E-state index contributed by atoms with van der Waals surface area (Å²) in [7, 11) is 0. The lowest BCUT2D eigenvalue weighted by Crippen LogP contribution is -2.63. The summed E-state index contributed by atoms with van der Waals surface area (Å²) in [5.41, 5.74) is -0.728. The molecular formula is C20H27N3O3. The second-order valence-electron chi connectivity index (χ2n) is 9.25. The topological polar surface area (TPSA) is 91.1 Å². The molecule has 2 atom stereocenters. The summed E-state index contributed by atoms with van der Waals surface area (Å²) in [5, 5.41) is 20.9. The first-order valence-corrected chi connectivity index (χ1v) is 9.76. The van der Waals surface area contributed by atoms with Crippen molar-refractivity contribution in [3.05, 3.63) is 0 Å². The van der Waals surface area contributed by atoms with Gasteiger partial charge in [0.2, 0.25) is 5.91 Å². The SMILES string of the molecule is C#CCCC1(CCC(=O)NC23CC4CC(CC(CC(=O)O)(C4)C2)C3)N=N1. The Morgan fingerprint density at radius 1 is 1.15 bits per heavy atom. The molecule has 0 aromatic rings. The van der Waals surface area contributed by atoms with E-state index in [2.05, 4.69) is 21.5 Å². The molecule has 0 aromatic carbocycles. The van der Waals surface area contributed by atoms with Crippen LogP contribution < -0.4 is 5.32 Å². The zero-order valence-electron chi connectivity index (χ0n) is 15.2. The van der Waals surface area contributed by atoms with Gasteiger partial charge in [-0.3, -0.25) is 9.59 Å². The summed E-state index contributed by atoms with van der Waals surface area (Å²) in [6, 6.07) is 0. The lowest BCUT2D eigenvalue weighted by atomic mass is 9.46. The normalized spacial score (nSPS) is 38.0. The molecule has 4 bridgehead atoms. The van der Waals surface area contributed by atoms with Crippen LogP contribution in [0.3, 0.4) is 0 Å². The molecule has 0 radical (unpaired) electrons. The van der Waals surface area contributed by atoms with Gasteiger partial charge in [0, 0.05) is 31.2 Å². The molecule has 1 aliphatic heterocycles. The maximum absolute atomic E-state index is 12.7. The molecule has 1 amide bonds. The fourth-order valence-corrected chi connectivity index (χ4v) is 6.47. The van der Waals surface area contributed by atoms with Crippen molar-refractivity contribution in [3.63, 3.8) is 0 Å². The fraction of sp³-hybridized carbons (Fsp3) is 0.800. The molecule has 140 valence electrons. The van der Waals surface area contributed by atoms with Crippen molar-refractivity contribution < 1.29 is 14.7 Å². The average Bonchev–Trinajstić information content (AvgIpc) is 3.28. The van der Waals surface area contributed by atoms with Gasteiger partial charge in [-0.15, -0.1) is 12.3 Å². The van der Waals surface area contributed by atoms with E-state index < -0.39 is 11.6 Å². The van der Waals surface area contributed by atoms with Gasteiger partial charge in [0.1, 0.15) is 0 Å². The minimum absolute atomic E-state index is 0.0507. The molecule has 4 fully saturated rings. The summed E-state index contributed by atoms with van der Waals surface area (Å²) in [4.78, 5) is 24.0. The minimum atomic E-state index is -0.708. The van der Waals surface area contributed by atoms with Crippen molar-refractivity contribution in [2.45, 2.75) is 81.8 Å². The Hall–Kier alpha value is -1.90. The molecule has 6 heteroatoms. The molecule has 0 spiro atoms. The highest BCUT2D eigenvalue weighted by atomic mass is 16.4.